The van der Waals surface area contributed by atoms with Gasteiger partial charge < -0.3 is 10.2 Å². The minimum absolute atomic E-state index is 0.0559. The molecule has 4 aromatic rings. The summed E-state index contributed by atoms with van der Waals surface area (Å²) >= 11 is 3.17. The van der Waals surface area contributed by atoms with Gasteiger partial charge in [-0.05, 0) is 48.3 Å². The normalized spacial score (nSPS) is 20.7. The Morgan fingerprint density at radius 1 is 1.15 bits per heavy atom. The van der Waals surface area contributed by atoms with Crippen molar-refractivity contribution >= 4 is 50.1 Å². The smallest absolute Gasteiger partial charge is 0.247 e. The zero-order chi connectivity index (χ0) is 29.1. The molecule has 4 aromatic heterocycles. The third-order valence-electron chi connectivity index (χ3n) is 7.33. The molecule has 2 aliphatic rings. The number of Topliss-reactive ketones (excluding diaryl/α,β-unsaturated/α-hetero) is 1. The van der Waals surface area contributed by atoms with E-state index in [1.807, 2.05) is 6.92 Å². The maximum absolute atomic E-state index is 14.3. The number of rotatable bonds is 6. The van der Waals surface area contributed by atoms with Crippen LogP contribution in [0.25, 0.3) is 22.2 Å². The molecule has 1 aliphatic carbocycles. The minimum Gasteiger partial charge on any atom is -0.322 e. The van der Waals surface area contributed by atoms with Gasteiger partial charge in [-0.2, -0.15) is 5.10 Å². The predicted molar refractivity (Wildman–Crippen MR) is 149 cm³/mol. The molecule has 6 rings (SSSR count). The number of anilines is 1. The first kappa shape index (κ1) is 26.6. The molecule has 206 valence electrons. The molecule has 2 amide bonds. The molecule has 13 heteroatoms. The third kappa shape index (κ3) is 4.63. The number of aromatic nitrogens is 6. The molecule has 1 aliphatic heterocycles. The fourth-order valence-corrected chi connectivity index (χ4v) is 5.54. The highest BCUT2D eigenvalue weighted by atomic mass is 79.9. The van der Waals surface area contributed by atoms with Crippen molar-refractivity contribution in [1.82, 2.24) is 34.6 Å². The van der Waals surface area contributed by atoms with Crippen LogP contribution in [0, 0.1) is 30.0 Å². The molecule has 5 heterocycles. The van der Waals surface area contributed by atoms with E-state index in [1.54, 1.807) is 31.6 Å². The quantitative estimate of drug-likeness (QED) is 0.198. The van der Waals surface area contributed by atoms with E-state index in [-0.39, 0.29) is 30.1 Å². The van der Waals surface area contributed by atoms with E-state index >= 15 is 0 Å². The minimum atomic E-state index is -0.910. The number of hydrogen-bond donors (Lipinski definition) is 1. The van der Waals surface area contributed by atoms with Gasteiger partial charge in [0.05, 0.1) is 34.7 Å². The average Bonchev–Trinajstić information content (AvgIpc) is 3.39. The Morgan fingerprint density at radius 2 is 1.90 bits per heavy atom. The number of carbonyl (C=O) groups excluding carboxylic acids is 3. The Bertz CT molecular complexity index is 1830. The van der Waals surface area contributed by atoms with Crippen LogP contribution in [0.1, 0.15) is 36.6 Å². The topological polar surface area (TPSA) is 136 Å². The average molecular weight is 617 g/mol. The molecule has 0 bridgehead atoms. The number of pyridine rings is 2. The number of amides is 2. The molecule has 3 atom stereocenters. The van der Waals surface area contributed by atoms with Gasteiger partial charge in [0.2, 0.25) is 11.8 Å². The second kappa shape index (κ2) is 9.81. The Labute approximate surface area is 241 Å². The fraction of sp³-hybridized carbons (Fsp3) is 0.286. The molecule has 0 unspecified atom stereocenters. The van der Waals surface area contributed by atoms with Crippen LogP contribution in [0.4, 0.5) is 10.1 Å². The summed E-state index contributed by atoms with van der Waals surface area (Å²) in [5, 5.41) is 7.55. The van der Waals surface area contributed by atoms with Crippen LogP contribution in [0.15, 0.2) is 41.5 Å². The number of hydrogen-bond acceptors (Lipinski definition) is 8. The Morgan fingerprint density at radius 3 is 2.59 bits per heavy atom. The molecule has 0 spiro atoms. The van der Waals surface area contributed by atoms with Gasteiger partial charge in [-0.3, -0.25) is 24.0 Å². The number of halogens is 2. The molecule has 0 aromatic carbocycles. The molecule has 41 heavy (non-hydrogen) atoms. The van der Waals surface area contributed by atoms with Gasteiger partial charge in [-0.25, -0.2) is 19.3 Å². The van der Waals surface area contributed by atoms with E-state index in [0.717, 1.165) is 6.20 Å². The molecule has 1 saturated heterocycles. The van der Waals surface area contributed by atoms with Crippen molar-refractivity contribution in [2.75, 3.05) is 5.32 Å². The van der Waals surface area contributed by atoms with E-state index in [0.29, 0.717) is 32.6 Å². The van der Waals surface area contributed by atoms with Gasteiger partial charge in [-0.15, -0.1) is 0 Å². The summed E-state index contributed by atoms with van der Waals surface area (Å²) in [6, 6.07) is 1.67. The summed E-state index contributed by atoms with van der Waals surface area (Å²) in [5.74, 6) is 4.75. The summed E-state index contributed by atoms with van der Waals surface area (Å²) in [6.07, 6.45) is 6.11. The van der Waals surface area contributed by atoms with Gasteiger partial charge in [0, 0.05) is 30.3 Å². The molecule has 0 radical (unpaired) electrons. The molecule has 0 saturated carbocycles. The predicted octanol–water partition coefficient (Wildman–Crippen LogP) is 3.33. The summed E-state index contributed by atoms with van der Waals surface area (Å²) in [6.45, 7) is 4.81. The van der Waals surface area contributed by atoms with Crippen molar-refractivity contribution in [2.45, 2.75) is 45.8 Å². The first-order valence-electron chi connectivity index (χ1n) is 12.7. The summed E-state index contributed by atoms with van der Waals surface area (Å²) in [5.41, 5.74) is 1.26. The number of carbonyl (C=O) groups is 3. The van der Waals surface area contributed by atoms with E-state index in [9.17, 15) is 18.8 Å². The largest absolute Gasteiger partial charge is 0.322 e. The molecule has 1 N–H and O–H groups in total. The van der Waals surface area contributed by atoms with Crippen LogP contribution in [0.5, 0.6) is 0 Å². The van der Waals surface area contributed by atoms with Crippen LogP contribution in [0.3, 0.4) is 0 Å². The van der Waals surface area contributed by atoms with Crippen LogP contribution in [-0.2, 0) is 16.1 Å². The standard InChI is InChI=1S/C28H22BrFN8O3/c1-14(39)26-17-6-19(16-9-31-15(2)32-10-16)33-12-22(17)37(36-26)13-25(40)38-21(8-28(3)5-4-23(28)38)27(41)35-20-7-24(29)34-11-18(20)30/h6-7,9-12,21,23H,8,13H2,1-3H3,(H,34,35,41)/t21-,23+,28+/m0/s1. The Kier molecular flexibility index (Phi) is 6.37. The van der Waals surface area contributed by atoms with E-state index in [1.165, 1.54) is 22.6 Å². The fourth-order valence-electron chi connectivity index (χ4n) is 5.21. The molecular formula is C28H22BrFN8O3. The zero-order valence-corrected chi connectivity index (χ0v) is 23.7. The van der Waals surface area contributed by atoms with Crippen LogP contribution < -0.4 is 5.32 Å². The van der Waals surface area contributed by atoms with Crippen molar-refractivity contribution < 1.29 is 18.8 Å². The Hall–Kier alpha value is -4.57. The molecule has 11 nitrogen and oxygen atoms in total. The summed E-state index contributed by atoms with van der Waals surface area (Å²) < 4.78 is 16.1. The lowest BCUT2D eigenvalue weighted by Gasteiger charge is -2.34. The summed E-state index contributed by atoms with van der Waals surface area (Å²) in [4.78, 5) is 57.8. The first-order chi connectivity index (χ1) is 19.5. The lowest BCUT2D eigenvalue weighted by Crippen LogP contribution is -2.50. The highest BCUT2D eigenvalue weighted by molar-refractivity contribution is 9.10. The van der Waals surface area contributed by atoms with Gasteiger partial charge in [-0.1, -0.05) is 11.8 Å². The van der Waals surface area contributed by atoms with Gasteiger partial charge in [0.25, 0.3) is 0 Å². The van der Waals surface area contributed by atoms with E-state index < -0.39 is 35.1 Å². The number of nitrogens with one attached hydrogen (secondary N) is 1. The maximum atomic E-state index is 14.3. The number of ketones is 1. The number of fused-ring (bicyclic) bond motifs is 2. The lowest BCUT2D eigenvalue weighted by atomic mass is 9.76. The van der Waals surface area contributed by atoms with Gasteiger partial charge in [0.15, 0.2) is 11.6 Å². The van der Waals surface area contributed by atoms with Crippen molar-refractivity contribution in [3.8, 4) is 23.1 Å². The van der Waals surface area contributed by atoms with Gasteiger partial charge in [0.1, 0.15) is 34.7 Å². The van der Waals surface area contributed by atoms with Crippen molar-refractivity contribution in [3.63, 3.8) is 0 Å². The van der Waals surface area contributed by atoms with Crippen molar-refractivity contribution in [3.05, 3.63) is 58.9 Å². The first-order valence-corrected chi connectivity index (χ1v) is 13.5. The maximum Gasteiger partial charge on any atom is 0.247 e. The van der Waals surface area contributed by atoms with Crippen molar-refractivity contribution in [2.24, 2.45) is 5.41 Å². The van der Waals surface area contributed by atoms with E-state index in [4.69, 9.17) is 0 Å². The second-order valence-corrected chi connectivity index (χ2v) is 11.1. The number of likely N-dealkylation sites (tertiary alicyclic amines) is 1. The molecular weight excluding hydrogens is 595 g/mol. The van der Waals surface area contributed by atoms with Crippen LogP contribution in [0.2, 0.25) is 0 Å². The van der Waals surface area contributed by atoms with Crippen LogP contribution in [-0.4, -0.2) is 64.3 Å². The zero-order valence-electron chi connectivity index (χ0n) is 22.1. The second-order valence-electron chi connectivity index (χ2n) is 10.3. The number of nitrogens with zero attached hydrogens (tertiary/aromatic N) is 7. The SMILES string of the molecule is CC(=O)c1nn(CC(=O)N2[C@H](C(=O)Nc3cc(Br)ncc3F)C[C@@]3(C)C#C[C@@H]23)c2cnc(-c3cnc(C)nc3)cc12. The summed E-state index contributed by atoms with van der Waals surface area (Å²) in [7, 11) is 0. The third-order valence-corrected chi connectivity index (χ3v) is 7.77. The Balaban J connectivity index is 1.31. The number of aryl methyl sites for hydroxylation is 1. The monoisotopic (exact) mass is 616 g/mol. The van der Waals surface area contributed by atoms with Gasteiger partial charge >= 0.3 is 0 Å². The van der Waals surface area contributed by atoms with Crippen molar-refractivity contribution in [1.29, 1.82) is 0 Å². The van der Waals surface area contributed by atoms with Crippen LogP contribution >= 0.6 is 15.9 Å². The molecule has 1 fully saturated rings. The van der Waals surface area contributed by atoms with E-state index in [2.05, 4.69) is 58.1 Å². The lowest BCUT2D eigenvalue weighted by molar-refractivity contribution is -0.138. The highest BCUT2D eigenvalue weighted by Crippen LogP contribution is 2.45. The highest BCUT2D eigenvalue weighted by Gasteiger charge is 2.56.